The maximum atomic E-state index is 10.5. The van der Waals surface area contributed by atoms with Crippen molar-refractivity contribution in [2.45, 2.75) is 6.42 Å². The standard InChI is InChI=1S/C12H10OS.C5H3BrOS/c13-9-12-7-6-11(14-12)8-10-4-2-1-3-5-10;6-5-2-1-4(3-7)8-5/h1-7,9H,8H2;1-3H. The molecule has 0 bridgehead atoms. The van der Waals surface area contributed by atoms with Gasteiger partial charge in [0.05, 0.1) is 13.5 Å². The van der Waals surface area contributed by atoms with E-state index in [1.165, 1.54) is 21.8 Å². The van der Waals surface area contributed by atoms with Crippen LogP contribution in [0.2, 0.25) is 0 Å². The van der Waals surface area contributed by atoms with Crippen LogP contribution in [-0.4, -0.2) is 12.6 Å². The minimum atomic E-state index is 0.761. The first kappa shape index (κ1) is 16.8. The van der Waals surface area contributed by atoms with Gasteiger partial charge in [-0.25, -0.2) is 0 Å². The number of hydrogen-bond acceptors (Lipinski definition) is 4. The summed E-state index contributed by atoms with van der Waals surface area (Å²) in [4.78, 5) is 23.3. The molecule has 3 aromatic rings. The highest BCUT2D eigenvalue weighted by molar-refractivity contribution is 9.11. The number of thiophene rings is 2. The molecule has 0 N–H and O–H groups in total. The van der Waals surface area contributed by atoms with Gasteiger partial charge in [0.1, 0.15) is 0 Å². The van der Waals surface area contributed by atoms with E-state index in [-0.39, 0.29) is 0 Å². The van der Waals surface area contributed by atoms with Crippen LogP contribution in [0.15, 0.2) is 58.4 Å². The molecule has 2 heterocycles. The Hall–Kier alpha value is -1.56. The van der Waals surface area contributed by atoms with Gasteiger partial charge in [0, 0.05) is 11.3 Å². The highest BCUT2D eigenvalue weighted by atomic mass is 79.9. The van der Waals surface area contributed by atoms with Crippen LogP contribution in [0.1, 0.15) is 29.8 Å². The number of aldehydes is 2. The summed E-state index contributed by atoms with van der Waals surface area (Å²) in [7, 11) is 0. The lowest BCUT2D eigenvalue weighted by Crippen LogP contribution is -1.81. The summed E-state index contributed by atoms with van der Waals surface area (Å²) < 4.78 is 1.000. The monoisotopic (exact) mass is 392 g/mol. The van der Waals surface area contributed by atoms with Gasteiger partial charge in [-0.1, -0.05) is 30.3 Å². The van der Waals surface area contributed by atoms with Crippen molar-refractivity contribution < 1.29 is 9.59 Å². The molecule has 0 atom stereocenters. The lowest BCUT2D eigenvalue weighted by molar-refractivity contribution is 0.111. The van der Waals surface area contributed by atoms with E-state index in [0.717, 1.165) is 32.5 Å². The molecule has 5 heteroatoms. The number of halogens is 1. The maximum absolute atomic E-state index is 10.5. The molecule has 112 valence electrons. The lowest BCUT2D eigenvalue weighted by Gasteiger charge is -1.96. The average molecular weight is 393 g/mol. The lowest BCUT2D eigenvalue weighted by atomic mass is 10.1. The first-order valence-electron chi connectivity index (χ1n) is 6.49. The topological polar surface area (TPSA) is 34.1 Å². The molecule has 0 amide bonds. The van der Waals surface area contributed by atoms with Crippen LogP contribution >= 0.6 is 38.6 Å². The molecule has 0 aliphatic heterocycles. The molecule has 0 aliphatic carbocycles. The Balaban J connectivity index is 0.000000188. The minimum Gasteiger partial charge on any atom is -0.297 e. The summed E-state index contributed by atoms with van der Waals surface area (Å²) >= 11 is 6.23. The fraction of sp³-hybridized carbons (Fsp3) is 0.0588. The van der Waals surface area contributed by atoms with Crippen LogP contribution in [0, 0.1) is 0 Å². The predicted octanol–water partition coefficient (Wildman–Crippen LogP) is 5.47. The van der Waals surface area contributed by atoms with E-state index in [9.17, 15) is 9.59 Å². The van der Waals surface area contributed by atoms with Gasteiger partial charge < -0.3 is 0 Å². The predicted molar refractivity (Wildman–Crippen MR) is 96.4 cm³/mol. The second-order valence-electron chi connectivity index (χ2n) is 4.34. The number of rotatable bonds is 4. The largest absolute Gasteiger partial charge is 0.297 e. The SMILES string of the molecule is O=Cc1ccc(Br)s1.O=Cc1ccc(Cc2ccccc2)s1. The fourth-order valence-electron chi connectivity index (χ4n) is 1.74. The number of hydrogen-bond donors (Lipinski definition) is 0. The Kier molecular flexibility index (Phi) is 6.71. The van der Waals surface area contributed by atoms with Gasteiger partial charge >= 0.3 is 0 Å². The summed E-state index contributed by atoms with van der Waals surface area (Å²) in [6.07, 6.45) is 2.66. The van der Waals surface area contributed by atoms with Crippen molar-refractivity contribution in [3.8, 4) is 0 Å². The summed E-state index contributed by atoms with van der Waals surface area (Å²) in [5.41, 5.74) is 1.28. The second-order valence-corrected chi connectivity index (χ2v) is 8.04. The van der Waals surface area contributed by atoms with E-state index in [4.69, 9.17) is 0 Å². The molecule has 0 spiro atoms. The Morgan fingerprint density at radius 1 is 0.818 bits per heavy atom. The van der Waals surface area contributed by atoms with Crippen molar-refractivity contribution in [3.05, 3.63) is 78.6 Å². The molecule has 0 radical (unpaired) electrons. The fourth-order valence-corrected chi connectivity index (χ4v) is 3.84. The van der Waals surface area contributed by atoms with Crippen molar-refractivity contribution in [3.63, 3.8) is 0 Å². The van der Waals surface area contributed by atoms with Crippen molar-refractivity contribution in [2.24, 2.45) is 0 Å². The van der Waals surface area contributed by atoms with Gasteiger partial charge in [0.25, 0.3) is 0 Å². The third-order valence-electron chi connectivity index (χ3n) is 2.73. The number of carbonyl (C=O) groups is 2. The van der Waals surface area contributed by atoms with Crippen molar-refractivity contribution in [1.29, 1.82) is 0 Å². The zero-order valence-electron chi connectivity index (χ0n) is 11.6. The molecule has 22 heavy (non-hydrogen) atoms. The van der Waals surface area contributed by atoms with E-state index in [0.29, 0.717) is 0 Å². The van der Waals surface area contributed by atoms with Crippen LogP contribution in [0.4, 0.5) is 0 Å². The summed E-state index contributed by atoms with van der Waals surface area (Å²) in [5.74, 6) is 0. The van der Waals surface area contributed by atoms with E-state index in [1.54, 1.807) is 17.4 Å². The van der Waals surface area contributed by atoms with Crippen molar-refractivity contribution in [2.75, 3.05) is 0 Å². The smallest absolute Gasteiger partial charge is 0.160 e. The van der Waals surface area contributed by atoms with Gasteiger partial charge in [-0.3, -0.25) is 9.59 Å². The van der Waals surface area contributed by atoms with Gasteiger partial charge in [-0.15, -0.1) is 22.7 Å². The Bertz CT molecular complexity index is 732. The summed E-state index contributed by atoms with van der Waals surface area (Å²) in [5, 5.41) is 0. The van der Waals surface area contributed by atoms with Crippen molar-refractivity contribution in [1.82, 2.24) is 0 Å². The number of carbonyl (C=O) groups excluding carboxylic acids is 2. The molecule has 0 saturated heterocycles. The van der Waals surface area contributed by atoms with Crippen LogP contribution < -0.4 is 0 Å². The van der Waals surface area contributed by atoms with Crippen molar-refractivity contribution >= 4 is 51.2 Å². The van der Waals surface area contributed by atoms with Gasteiger partial charge in [0.2, 0.25) is 0 Å². The molecule has 2 aromatic heterocycles. The third kappa shape index (κ3) is 5.33. The molecular formula is C17H13BrO2S2. The van der Waals surface area contributed by atoms with Gasteiger partial charge in [0.15, 0.2) is 12.6 Å². The quantitative estimate of drug-likeness (QED) is 0.551. The molecule has 2 nitrogen and oxygen atoms in total. The molecule has 1 aromatic carbocycles. The van der Waals surface area contributed by atoms with Crippen LogP contribution in [0.5, 0.6) is 0 Å². The van der Waals surface area contributed by atoms with E-state index < -0.39 is 0 Å². The molecule has 3 rings (SSSR count). The van der Waals surface area contributed by atoms with Gasteiger partial charge in [-0.05, 0) is 45.8 Å². The molecule has 0 aliphatic rings. The minimum absolute atomic E-state index is 0.761. The van der Waals surface area contributed by atoms with Gasteiger partial charge in [-0.2, -0.15) is 0 Å². The Morgan fingerprint density at radius 2 is 1.45 bits per heavy atom. The maximum Gasteiger partial charge on any atom is 0.160 e. The normalized spacial score (nSPS) is 9.68. The van der Waals surface area contributed by atoms with E-state index in [1.807, 2.05) is 36.4 Å². The zero-order valence-corrected chi connectivity index (χ0v) is 14.8. The van der Waals surface area contributed by atoms with E-state index in [2.05, 4.69) is 28.1 Å². The average Bonchev–Trinajstić information content (AvgIpc) is 3.17. The highest BCUT2D eigenvalue weighted by Crippen LogP contribution is 2.20. The first-order valence-corrected chi connectivity index (χ1v) is 8.92. The number of benzene rings is 1. The molecule has 0 fully saturated rings. The molecule has 0 unspecified atom stereocenters. The van der Waals surface area contributed by atoms with Crippen LogP contribution in [0.3, 0.4) is 0 Å². The molecular weight excluding hydrogens is 380 g/mol. The third-order valence-corrected chi connectivity index (χ3v) is 5.29. The highest BCUT2D eigenvalue weighted by Gasteiger charge is 1.99. The van der Waals surface area contributed by atoms with Crippen LogP contribution in [0.25, 0.3) is 0 Å². The Morgan fingerprint density at radius 3 is 1.95 bits per heavy atom. The molecule has 0 saturated carbocycles. The second kappa shape index (κ2) is 8.78. The summed E-state index contributed by atoms with van der Waals surface area (Å²) in [6.45, 7) is 0. The zero-order chi connectivity index (χ0) is 15.8. The summed E-state index contributed by atoms with van der Waals surface area (Å²) in [6, 6.07) is 17.8. The Labute approximate surface area is 145 Å². The first-order chi connectivity index (χ1) is 10.7. The van der Waals surface area contributed by atoms with E-state index >= 15 is 0 Å². The van der Waals surface area contributed by atoms with Crippen LogP contribution in [-0.2, 0) is 6.42 Å².